The molecule has 0 radical (unpaired) electrons. The van der Waals surface area contributed by atoms with Crippen molar-refractivity contribution in [3.05, 3.63) is 35.6 Å². The van der Waals surface area contributed by atoms with Crippen molar-refractivity contribution in [1.82, 2.24) is 10.6 Å². The molecule has 138 valence electrons. The van der Waals surface area contributed by atoms with Gasteiger partial charge in [0.05, 0.1) is 5.75 Å². The fourth-order valence-corrected chi connectivity index (χ4v) is 2.71. The van der Waals surface area contributed by atoms with Crippen LogP contribution < -0.4 is 10.6 Å². The van der Waals surface area contributed by atoms with Gasteiger partial charge in [0, 0.05) is 31.3 Å². The molecule has 0 aliphatic rings. The van der Waals surface area contributed by atoms with E-state index in [9.17, 15) is 12.8 Å². The Balaban J connectivity index is 0.00000529. The molecule has 0 unspecified atom stereocenters. The summed E-state index contributed by atoms with van der Waals surface area (Å²) in [5.74, 6) is 0.466. The Bertz CT molecular complexity index is 648. The summed E-state index contributed by atoms with van der Waals surface area (Å²) in [5, 5.41) is 6.13. The first-order valence-electron chi connectivity index (χ1n) is 7.61. The molecule has 1 aromatic carbocycles. The Morgan fingerprint density at radius 2 is 1.96 bits per heavy atom. The van der Waals surface area contributed by atoms with Crippen LogP contribution in [0.4, 0.5) is 4.39 Å². The predicted molar refractivity (Wildman–Crippen MR) is 109 cm³/mol. The smallest absolute Gasteiger partial charge is 0.191 e. The molecular weight excluding hydrogens is 444 g/mol. The Morgan fingerprint density at radius 1 is 1.29 bits per heavy atom. The van der Waals surface area contributed by atoms with Crippen molar-refractivity contribution in [2.45, 2.75) is 26.2 Å². The van der Waals surface area contributed by atoms with Gasteiger partial charge in [0.2, 0.25) is 0 Å². The molecule has 0 amide bonds. The Labute approximate surface area is 161 Å². The summed E-state index contributed by atoms with van der Waals surface area (Å²) in [6, 6.07) is 6.51. The van der Waals surface area contributed by atoms with Gasteiger partial charge in [-0.25, -0.2) is 12.8 Å². The van der Waals surface area contributed by atoms with E-state index in [4.69, 9.17) is 0 Å². The van der Waals surface area contributed by atoms with E-state index >= 15 is 0 Å². The number of sulfone groups is 1. The van der Waals surface area contributed by atoms with Crippen LogP contribution in [0.1, 0.15) is 26.3 Å². The average molecular weight is 471 g/mol. The number of guanidine groups is 1. The summed E-state index contributed by atoms with van der Waals surface area (Å²) < 4.78 is 36.3. The van der Waals surface area contributed by atoms with E-state index in [-0.39, 0.29) is 46.7 Å². The van der Waals surface area contributed by atoms with Crippen LogP contribution in [-0.2, 0) is 15.3 Å². The number of aliphatic imine (C=N–C) groups is 1. The second-order valence-corrected chi connectivity index (χ2v) is 8.46. The van der Waals surface area contributed by atoms with Crippen LogP contribution in [-0.4, -0.2) is 46.0 Å². The van der Waals surface area contributed by atoms with Crippen LogP contribution in [0.15, 0.2) is 29.3 Å². The summed E-state index contributed by atoms with van der Waals surface area (Å²) in [4.78, 5) is 4.07. The van der Waals surface area contributed by atoms with E-state index in [1.54, 1.807) is 20.0 Å². The van der Waals surface area contributed by atoms with Crippen molar-refractivity contribution < 1.29 is 12.8 Å². The van der Waals surface area contributed by atoms with Gasteiger partial charge >= 0.3 is 0 Å². The molecule has 0 heterocycles. The number of benzene rings is 1. The lowest BCUT2D eigenvalue weighted by atomic mass is 9.84. The number of rotatable bonds is 7. The molecule has 24 heavy (non-hydrogen) atoms. The molecule has 5 nitrogen and oxygen atoms in total. The molecule has 0 aliphatic carbocycles. The first-order chi connectivity index (χ1) is 10.7. The Kier molecular flexibility index (Phi) is 9.79. The third-order valence-electron chi connectivity index (χ3n) is 3.67. The van der Waals surface area contributed by atoms with Crippen molar-refractivity contribution in [2.24, 2.45) is 4.99 Å². The maximum Gasteiger partial charge on any atom is 0.191 e. The lowest BCUT2D eigenvalue weighted by Gasteiger charge is -2.26. The minimum Gasteiger partial charge on any atom is -0.356 e. The van der Waals surface area contributed by atoms with E-state index < -0.39 is 9.84 Å². The molecule has 0 atom stereocenters. The van der Waals surface area contributed by atoms with Crippen molar-refractivity contribution in [3.8, 4) is 0 Å². The average Bonchev–Trinajstić information content (AvgIpc) is 2.50. The first-order valence-corrected chi connectivity index (χ1v) is 9.43. The highest BCUT2D eigenvalue weighted by molar-refractivity contribution is 14.0. The van der Waals surface area contributed by atoms with Gasteiger partial charge in [-0.1, -0.05) is 32.9 Å². The van der Waals surface area contributed by atoms with E-state index in [0.29, 0.717) is 19.0 Å². The van der Waals surface area contributed by atoms with Gasteiger partial charge in [-0.15, -0.1) is 24.0 Å². The van der Waals surface area contributed by atoms with Crippen LogP contribution in [0.25, 0.3) is 0 Å². The normalized spacial score (nSPS) is 12.5. The van der Waals surface area contributed by atoms with Gasteiger partial charge in [0.15, 0.2) is 15.8 Å². The van der Waals surface area contributed by atoms with Crippen LogP contribution >= 0.6 is 24.0 Å². The number of hydrogen-bond donors (Lipinski definition) is 2. The van der Waals surface area contributed by atoms with Crippen molar-refractivity contribution >= 4 is 39.8 Å². The van der Waals surface area contributed by atoms with Crippen LogP contribution in [0.3, 0.4) is 0 Å². The zero-order valence-corrected chi connectivity index (χ0v) is 17.7. The number of nitrogens with one attached hydrogen (secondary N) is 2. The highest BCUT2D eigenvalue weighted by Gasteiger charge is 2.21. The fourth-order valence-electron chi connectivity index (χ4n) is 2.01. The molecular formula is C16H27FIN3O2S. The molecule has 8 heteroatoms. The molecule has 0 spiro atoms. The maximum absolute atomic E-state index is 13.4. The van der Waals surface area contributed by atoms with E-state index in [0.717, 1.165) is 5.56 Å². The topological polar surface area (TPSA) is 70.6 Å². The quantitative estimate of drug-likeness (QED) is 0.364. The summed E-state index contributed by atoms with van der Waals surface area (Å²) in [7, 11) is -1.38. The van der Waals surface area contributed by atoms with Crippen molar-refractivity contribution in [3.63, 3.8) is 0 Å². The van der Waals surface area contributed by atoms with Gasteiger partial charge in [0.25, 0.3) is 0 Å². The minimum atomic E-state index is -3.00. The highest BCUT2D eigenvalue weighted by Crippen LogP contribution is 2.22. The number of halogens is 2. The summed E-state index contributed by atoms with van der Waals surface area (Å²) in [6.07, 6.45) is 0. The van der Waals surface area contributed by atoms with Crippen molar-refractivity contribution in [1.29, 1.82) is 0 Å². The molecule has 0 saturated carbocycles. The van der Waals surface area contributed by atoms with E-state index in [1.807, 2.05) is 19.9 Å². The van der Waals surface area contributed by atoms with E-state index in [2.05, 4.69) is 15.6 Å². The molecule has 0 bridgehead atoms. The molecule has 0 fully saturated rings. The SMILES string of the molecule is CCS(=O)(=O)CCNC(=NC)NCC(C)(C)c1cccc(F)c1.I. The highest BCUT2D eigenvalue weighted by atomic mass is 127. The zero-order chi connectivity index (χ0) is 17.5. The van der Waals surface area contributed by atoms with Gasteiger partial charge in [-0.2, -0.15) is 0 Å². The second kappa shape index (κ2) is 10.2. The standard InChI is InChI=1S/C16H26FN3O2S.HI/c1-5-23(21,22)10-9-19-15(18-4)20-12-16(2,3)13-7-6-8-14(17)11-13;/h6-8,11H,5,9-10,12H2,1-4H3,(H2,18,19,20);1H. The zero-order valence-electron chi connectivity index (χ0n) is 14.6. The Hall–Kier alpha value is -0.900. The third-order valence-corrected chi connectivity index (χ3v) is 5.38. The Morgan fingerprint density at radius 3 is 2.50 bits per heavy atom. The minimum absolute atomic E-state index is 0. The van der Waals surface area contributed by atoms with Gasteiger partial charge in [-0.3, -0.25) is 4.99 Å². The van der Waals surface area contributed by atoms with Crippen molar-refractivity contribution in [2.75, 3.05) is 31.6 Å². The van der Waals surface area contributed by atoms with Gasteiger partial charge in [-0.05, 0) is 17.7 Å². The first kappa shape index (κ1) is 23.1. The monoisotopic (exact) mass is 471 g/mol. The number of nitrogens with zero attached hydrogens (tertiary/aromatic N) is 1. The largest absolute Gasteiger partial charge is 0.356 e. The maximum atomic E-state index is 13.4. The molecule has 0 aliphatic heterocycles. The molecule has 0 saturated heterocycles. The van der Waals surface area contributed by atoms with Gasteiger partial charge < -0.3 is 10.6 Å². The third kappa shape index (κ3) is 7.78. The van der Waals surface area contributed by atoms with Crippen LogP contribution in [0, 0.1) is 5.82 Å². The molecule has 1 aromatic rings. The predicted octanol–water partition coefficient (Wildman–Crippen LogP) is 2.32. The summed E-state index contributed by atoms with van der Waals surface area (Å²) in [6.45, 7) is 6.48. The summed E-state index contributed by atoms with van der Waals surface area (Å²) >= 11 is 0. The second-order valence-electron chi connectivity index (χ2n) is 5.98. The molecule has 2 N–H and O–H groups in total. The van der Waals surface area contributed by atoms with E-state index in [1.165, 1.54) is 12.1 Å². The lowest BCUT2D eigenvalue weighted by molar-refractivity contribution is 0.503. The fraction of sp³-hybridized carbons (Fsp3) is 0.562. The van der Waals surface area contributed by atoms with Gasteiger partial charge in [0.1, 0.15) is 5.82 Å². The summed E-state index contributed by atoms with van der Waals surface area (Å²) in [5.41, 5.74) is 0.587. The number of hydrogen-bond acceptors (Lipinski definition) is 3. The van der Waals surface area contributed by atoms with Crippen LogP contribution in [0.5, 0.6) is 0 Å². The van der Waals surface area contributed by atoms with Crippen LogP contribution in [0.2, 0.25) is 0 Å². The molecule has 1 rings (SSSR count). The molecule has 0 aromatic heterocycles. The lowest BCUT2D eigenvalue weighted by Crippen LogP contribution is -2.44.